The molecule has 1 aromatic carbocycles. The number of hydrogen-bond acceptors (Lipinski definition) is 3. The lowest BCUT2D eigenvalue weighted by Crippen LogP contribution is -2.08. The van der Waals surface area contributed by atoms with E-state index in [1.54, 1.807) is 0 Å². The summed E-state index contributed by atoms with van der Waals surface area (Å²) in [5.41, 5.74) is 7.93. The molecule has 0 saturated carbocycles. The van der Waals surface area contributed by atoms with Crippen molar-refractivity contribution < 1.29 is 4.74 Å². The van der Waals surface area contributed by atoms with E-state index in [1.807, 2.05) is 19.1 Å². The van der Waals surface area contributed by atoms with Crippen LogP contribution in [0.2, 0.25) is 0 Å². The van der Waals surface area contributed by atoms with Gasteiger partial charge in [0, 0.05) is 12.6 Å². The zero-order valence-corrected chi connectivity index (χ0v) is 11.9. The fraction of sp³-hybridized carbons (Fsp3) is 0.533. The number of aromatic nitrogens is 2. The van der Waals surface area contributed by atoms with Gasteiger partial charge in [-0.1, -0.05) is 19.8 Å². The Kier molecular flexibility index (Phi) is 4.80. The smallest absolute Gasteiger partial charge is 0.123 e. The molecule has 0 atom stereocenters. The molecule has 0 spiro atoms. The molecule has 2 aromatic rings. The average molecular weight is 261 g/mol. The highest BCUT2D eigenvalue weighted by atomic mass is 16.5. The van der Waals surface area contributed by atoms with E-state index in [9.17, 15) is 0 Å². The van der Waals surface area contributed by atoms with Gasteiger partial charge in [-0.05, 0) is 25.5 Å². The Balaban J connectivity index is 2.32. The minimum atomic E-state index is 0.477. The number of benzene rings is 1. The number of imidazole rings is 1. The number of aryl methyl sites for hydroxylation is 1. The van der Waals surface area contributed by atoms with E-state index in [1.165, 1.54) is 19.3 Å². The van der Waals surface area contributed by atoms with Crippen molar-refractivity contribution in [3.63, 3.8) is 0 Å². The molecule has 0 aliphatic carbocycles. The van der Waals surface area contributed by atoms with Crippen LogP contribution in [-0.4, -0.2) is 16.2 Å². The number of ether oxygens (including phenoxy) is 1. The maximum atomic E-state index is 5.80. The minimum absolute atomic E-state index is 0.477. The third kappa shape index (κ3) is 3.07. The largest absolute Gasteiger partial charge is 0.494 e. The van der Waals surface area contributed by atoms with Crippen LogP contribution >= 0.6 is 0 Å². The monoisotopic (exact) mass is 261 g/mol. The second kappa shape index (κ2) is 6.57. The molecule has 0 fully saturated rings. The summed E-state index contributed by atoms with van der Waals surface area (Å²) in [6.07, 6.45) is 3.63. The fourth-order valence-electron chi connectivity index (χ4n) is 2.34. The van der Waals surface area contributed by atoms with Crippen LogP contribution in [0.5, 0.6) is 5.75 Å². The van der Waals surface area contributed by atoms with E-state index in [-0.39, 0.29) is 0 Å². The molecule has 4 nitrogen and oxygen atoms in total. The number of fused-ring (bicyclic) bond motifs is 1. The van der Waals surface area contributed by atoms with Gasteiger partial charge < -0.3 is 15.0 Å². The van der Waals surface area contributed by atoms with Gasteiger partial charge in [-0.25, -0.2) is 4.98 Å². The maximum absolute atomic E-state index is 5.80. The van der Waals surface area contributed by atoms with Crippen molar-refractivity contribution in [3.05, 3.63) is 24.0 Å². The third-order valence-corrected chi connectivity index (χ3v) is 3.28. The van der Waals surface area contributed by atoms with Crippen molar-refractivity contribution in [1.29, 1.82) is 0 Å². The SMILES string of the molecule is CCCCCn1c(CN)nc2cc(OCC)ccc21. The lowest BCUT2D eigenvalue weighted by Gasteiger charge is -2.08. The lowest BCUT2D eigenvalue weighted by atomic mass is 10.2. The van der Waals surface area contributed by atoms with Gasteiger partial charge in [-0.15, -0.1) is 0 Å². The highest BCUT2D eigenvalue weighted by molar-refractivity contribution is 5.77. The topological polar surface area (TPSA) is 53.1 Å². The first-order chi connectivity index (χ1) is 9.30. The van der Waals surface area contributed by atoms with E-state index < -0.39 is 0 Å². The van der Waals surface area contributed by atoms with Gasteiger partial charge in [-0.3, -0.25) is 0 Å². The van der Waals surface area contributed by atoms with Crippen LogP contribution < -0.4 is 10.5 Å². The minimum Gasteiger partial charge on any atom is -0.494 e. The van der Waals surface area contributed by atoms with Crippen LogP contribution in [0.15, 0.2) is 18.2 Å². The lowest BCUT2D eigenvalue weighted by molar-refractivity contribution is 0.340. The summed E-state index contributed by atoms with van der Waals surface area (Å²) < 4.78 is 7.75. The summed E-state index contributed by atoms with van der Waals surface area (Å²) >= 11 is 0. The molecule has 4 heteroatoms. The molecule has 2 N–H and O–H groups in total. The van der Waals surface area contributed by atoms with E-state index >= 15 is 0 Å². The molecule has 0 bridgehead atoms. The molecule has 1 aromatic heterocycles. The number of hydrogen-bond donors (Lipinski definition) is 1. The Morgan fingerprint density at radius 3 is 2.79 bits per heavy atom. The molecule has 19 heavy (non-hydrogen) atoms. The maximum Gasteiger partial charge on any atom is 0.123 e. The van der Waals surface area contributed by atoms with Crippen molar-refractivity contribution in [2.75, 3.05) is 6.61 Å². The predicted octanol–water partition coefficient (Wildman–Crippen LogP) is 3.08. The Morgan fingerprint density at radius 2 is 2.11 bits per heavy atom. The fourth-order valence-corrected chi connectivity index (χ4v) is 2.34. The first-order valence-electron chi connectivity index (χ1n) is 7.12. The summed E-state index contributed by atoms with van der Waals surface area (Å²) in [7, 11) is 0. The summed E-state index contributed by atoms with van der Waals surface area (Å²) in [5, 5.41) is 0. The molecule has 0 saturated heterocycles. The van der Waals surface area contributed by atoms with Crippen LogP contribution in [0.1, 0.15) is 38.9 Å². The van der Waals surface area contributed by atoms with Gasteiger partial charge in [0.2, 0.25) is 0 Å². The second-order valence-corrected chi connectivity index (χ2v) is 4.67. The summed E-state index contributed by atoms with van der Waals surface area (Å²) in [6.45, 7) is 6.34. The van der Waals surface area contributed by atoms with Crippen LogP contribution in [0, 0.1) is 0 Å². The molecule has 0 amide bonds. The quantitative estimate of drug-likeness (QED) is 0.779. The molecule has 0 radical (unpaired) electrons. The van der Waals surface area contributed by atoms with E-state index in [0.29, 0.717) is 13.2 Å². The molecule has 0 unspecified atom stereocenters. The Labute approximate surface area is 114 Å². The Morgan fingerprint density at radius 1 is 1.26 bits per heavy atom. The Bertz CT molecular complexity index is 533. The molecular formula is C15H23N3O. The van der Waals surface area contributed by atoms with Crippen LogP contribution in [0.4, 0.5) is 0 Å². The highest BCUT2D eigenvalue weighted by Gasteiger charge is 2.10. The molecular weight excluding hydrogens is 238 g/mol. The summed E-state index contributed by atoms with van der Waals surface area (Å²) in [5.74, 6) is 1.83. The van der Waals surface area contributed by atoms with Gasteiger partial charge in [0.25, 0.3) is 0 Å². The Hall–Kier alpha value is -1.55. The van der Waals surface area contributed by atoms with Crippen molar-refractivity contribution in [3.8, 4) is 5.75 Å². The second-order valence-electron chi connectivity index (χ2n) is 4.67. The van der Waals surface area contributed by atoms with Gasteiger partial charge in [0.15, 0.2) is 0 Å². The first kappa shape index (κ1) is 13.9. The van der Waals surface area contributed by atoms with Crippen molar-refractivity contribution in [2.24, 2.45) is 5.73 Å². The van der Waals surface area contributed by atoms with Crippen LogP contribution in [0.3, 0.4) is 0 Å². The standard InChI is InChI=1S/C15H23N3O/c1-3-5-6-9-18-14-8-7-12(19-4-2)10-13(14)17-15(18)11-16/h7-8,10H,3-6,9,11,16H2,1-2H3. The zero-order valence-electron chi connectivity index (χ0n) is 11.9. The van der Waals surface area contributed by atoms with Gasteiger partial charge in [0.1, 0.15) is 11.6 Å². The van der Waals surface area contributed by atoms with Gasteiger partial charge in [-0.2, -0.15) is 0 Å². The van der Waals surface area contributed by atoms with E-state index in [0.717, 1.165) is 29.2 Å². The number of unbranched alkanes of at least 4 members (excludes halogenated alkanes) is 2. The molecule has 0 aliphatic rings. The van der Waals surface area contributed by atoms with Crippen LogP contribution in [-0.2, 0) is 13.1 Å². The van der Waals surface area contributed by atoms with E-state index in [4.69, 9.17) is 10.5 Å². The molecule has 104 valence electrons. The zero-order chi connectivity index (χ0) is 13.7. The summed E-state index contributed by atoms with van der Waals surface area (Å²) in [6, 6.07) is 6.08. The highest BCUT2D eigenvalue weighted by Crippen LogP contribution is 2.22. The van der Waals surface area contributed by atoms with Gasteiger partial charge >= 0.3 is 0 Å². The molecule has 2 rings (SSSR count). The van der Waals surface area contributed by atoms with Gasteiger partial charge in [0.05, 0.1) is 24.2 Å². The van der Waals surface area contributed by atoms with Crippen molar-refractivity contribution in [1.82, 2.24) is 9.55 Å². The number of nitrogens with two attached hydrogens (primary N) is 1. The summed E-state index contributed by atoms with van der Waals surface area (Å²) in [4.78, 5) is 4.61. The average Bonchev–Trinajstić information content (AvgIpc) is 2.77. The van der Waals surface area contributed by atoms with Crippen molar-refractivity contribution in [2.45, 2.75) is 46.2 Å². The van der Waals surface area contributed by atoms with Crippen molar-refractivity contribution >= 4 is 11.0 Å². The first-order valence-corrected chi connectivity index (χ1v) is 7.12. The number of nitrogens with zero attached hydrogens (tertiary/aromatic N) is 2. The third-order valence-electron chi connectivity index (χ3n) is 3.28. The normalized spacial score (nSPS) is 11.1. The van der Waals surface area contributed by atoms with E-state index in [2.05, 4.69) is 22.5 Å². The van der Waals surface area contributed by atoms with Crippen LogP contribution in [0.25, 0.3) is 11.0 Å². The predicted molar refractivity (Wildman–Crippen MR) is 78.3 cm³/mol. The molecule has 0 aliphatic heterocycles. The number of rotatable bonds is 7. The molecule has 1 heterocycles.